The smallest absolute Gasteiger partial charge is 0.285 e. The molecule has 0 aliphatic heterocycles. The van der Waals surface area contributed by atoms with Gasteiger partial charge in [0.05, 0.1) is 25.7 Å². The first kappa shape index (κ1) is 23.1. The second kappa shape index (κ2) is 8.51. The molecule has 164 valence electrons. The molecule has 0 aliphatic rings. The van der Waals surface area contributed by atoms with Crippen molar-refractivity contribution in [3.05, 3.63) is 52.5 Å². The number of halogens is 1. The van der Waals surface area contributed by atoms with Crippen molar-refractivity contribution in [3.8, 4) is 0 Å². The number of anilines is 1. The van der Waals surface area contributed by atoms with Crippen molar-refractivity contribution in [1.82, 2.24) is 10.3 Å². The molecule has 0 saturated carbocycles. The van der Waals surface area contributed by atoms with E-state index in [2.05, 4.69) is 10.3 Å². The minimum atomic E-state index is -4.32. The van der Waals surface area contributed by atoms with E-state index in [1.807, 2.05) is 5.32 Å². The Balaban J connectivity index is 1.75. The maximum atomic E-state index is 12.4. The van der Waals surface area contributed by atoms with Crippen LogP contribution in [-0.2, 0) is 25.7 Å². The van der Waals surface area contributed by atoms with Crippen molar-refractivity contribution in [2.45, 2.75) is 10.6 Å². The normalized spacial score (nSPS) is 12.0. The first-order valence-electron chi connectivity index (χ1n) is 8.28. The highest BCUT2D eigenvalue weighted by Crippen LogP contribution is 2.28. The number of nitrogens with one attached hydrogen (secondary N) is 2. The van der Waals surface area contributed by atoms with Gasteiger partial charge in [-0.15, -0.1) is 0 Å². The average molecular weight is 504 g/mol. The quantitative estimate of drug-likeness (QED) is 0.448. The molecule has 3 rings (SSSR count). The molecule has 1 heterocycles. The van der Waals surface area contributed by atoms with Gasteiger partial charge in [0.2, 0.25) is 0 Å². The number of carbonyl (C=O) groups excluding carboxylic acids is 2. The summed E-state index contributed by atoms with van der Waals surface area (Å²) in [5, 5.41) is 4.50. The lowest BCUT2D eigenvalue weighted by Crippen LogP contribution is -2.34. The molecule has 0 atom stereocenters. The number of carbonyl (C=O) groups is 2. The highest BCUT2D eigenvalue weighted by Gasteiger charge is 2.18. The number of imide groups is 1. The van der Waals surface area contributed by atoms with Crippen LogP contribution < -0.4 is 10.6 Å². The fourth-order valence-electron chi connectivity index (χ4n) is 2.53. The van der Waals surface area contributed by atoms with Gasteiger partial charge in [-0.25, -0.2) is 18.2 Å². The van der Waals surface area contributed by atoms with Gasteiger partial charge >= 0.3 is 6.03 Å². The number of benzene rings is 2. The predicted octanol–water partition coefficient (Wildman–Crippen LogP) is 2.70. The summed E-state index contributed by atoms with van der Waals surface area (Å²) in [6.45, 7) is 0. The maximum Gasteiger partial charge on any atom is 0.327 e. The van der Waals surface area contributed by atoms with E-state index < -0.39 is 37.6 Å². The van der Waals surface area contributed by atoms with Gasteiger partial charge in [-0.05, 0) is 35.9 Å². The number of amides is 3. The molecule has 31 heavy (non-hydrogen) atoms. The molecular weight excluding hydrogens is 490 g/mol. The number of hydrogen-bond acceptors (Lipinski definition) is 8. The van der Waals surface area contributed by atoms with E-state index in [4.69, 9.17) is 16.2 Å². The van der Waals surface area contributed by atoms with E-state index in [0.29, 0.717) is 10.2 Å². The minimum Gasteiger partial charge on any atom is -0.285 e. The third kappa shape index (κ3) is 5.98. The first-order valence-corrected chi connectivity index (χ1v) is 13.0. The monoisotopic (exact) mass is 503 g/mol. The van der Waals surface area contributed by atoms with Crippen molar-refractivity contribution in [1.29, 1.82) is 0 Å². The van der Waals surface area contributed by atoms with Gasteiger partial charge < -0.3 is 0 Å². The van der Waals surface area contributed by atoms with E-state index >= 15 is 0 Å². The Hall–Kier alpha value is -2.58. The van der Waals surface area contributed by atoms with Crippen LogP contribution in [0.1, 0.15) is 15.9 Å². The summed E-state index contributed by atoms with van der Waals surface area (Å²) in [5.74, 6) is -1.63. The van der Waals surface area contributed by atoms with Crippen LogP contribution >= 0.6 is 22.9 Å². The molecule has 14 heteroatoms. The SMILES string of the molecule is CS(=O)(=O)c1ccc2nc(NC(=O)NC(=O)c3cc(CS(=O)(=O)O)ccc3Cl)sc2c1. The van der Waals surface area contributed by atoms with Crippen molar-refractivity contribution in [2.24, 2.45) is 0 Å². The number of thiazole rings is 1. The molecule has 0 unspecified atom stereocenters. The number of urea groups is 1. The predicted molar refractivity (Wildman–Crippen MR) is 116 cm³/mol. The van der Waals surface area contributed by atoms with Gasteiger partial charge in [0.1, 0.15) is 5.75 Å². The Kier molecular flexibility index (Phi) is 6.34. The number of sulfone groups is 1. The third-order valence-electron chi connectivity index (χ3n) is 3.86. The standard InChI is InChI=1S/C17H14ClN3O7S3/c1-30(24,25)10-3-5-13-14(7-10)29-17(19-13)21-16(23)20-15(22)11-6-9(2-4-12(11)18)8-31(26,27)28/h2-7H,8H2,1H3,(H,26,27,28)(H2,19,20,21,22,23). The Bertz CT molecular complexity index is 1420. The van der Waals surface area contributed by atoms with Gasteiger partial charge in [-0.3, -0.25) is 20.0 Å². The van der Waals surface area contributed by atoms with Crippen LogP contribution in [0.15, 0.2) is 41.3 Å². The lowest BCUT2D eigenvalue weighted by Gasteiger charge is -2.08. The second-order valence-electron chi connectivity index (χ2n) is 6.37. The first-order chi connectivity index (χ1) is 14.3. The maximum absolute atomic E-state index is 12.4. The van der Waals surface area contributed by atoms with Crippen LogP contribution in [0.25, 0.3) is 10.2 Å². The fourth-order valence-corrected chi connectivity index (χ4v) is 4.96. The molecule has 3 aromatic rings. The summed E-state index contributed by atoms with van der Waals surface area (Å²) in [6, 6.07) is 7.12. The van der Waals surface area contributed by atoms with Gasteiger partial charge in [-0.2, -0.15) is 8.42 Å². The lowest BCUT2D eigenvalue weighted by molar-refractivity contribution is 0.0967. The summed E-state index contributed by atoms with van der Waals surface area (Å²) in [7, 11) is -7.73. The Morgan fingerprint density at radius 1 is 1.13 bits per heavy atom. The molecular formula is C17H14ClN3O7S3. The molecule has 0 spiro atoms. The second-order valence-corrected chi connectivity index (χ2v) is 11.3. The summed E-state index contributed by atoms with van der Waals surface area (Å²) in [5.41, 5.74) is 0.394. The molecule has 1 aromatic heterocycles. The molecule has 0 bridgehead atoms. The Morgan fingerprint density at radius 2 is 1.84 bits per heavy atom. The molecule has 3 N–H and O–H groups in total. The van der Waals surface area contributed by atoms with Crippen LogP contribution in [0.5, 0.6) is 0 Å². The van der Waals surface area contributed by atoms with E-state index in [1.165, 1.54) is 30.3 Å². The molecule has 0 radical (unpaired) electrons. The van der Waals surface area contributed by atoms with Crippen LogP contribution in [0.3, 0.4) is 0 Å². The molecule has 0 saturated heterocycles. The fraction of sp³-hybridized carbons (Fsp3) is 0.118. The minimum absolute atomic E-state index is 0.0299. The molecule has 10 nitrogen and oxygen atoms in total. The zero-order valence-electron chi connectivity index (χ0n) is 15.6. The lowest BCUT2D eigenvalue weighted by atomic mass is 10.1. The summed E-state index contributed by atoms with van der Waals surface area (Å²) < 4.78 is 54.8. The molecule has 0 aliphatic carbocycles. The van der Waals surface area contributed by atoms with Crippen molar-refractivity contribution in [2.75, 3.05) is 11.6 Å². The Morgan fingerprint density at radius 3 is 2.48 bits per heavy atom. The van der Waals surface area contributed by atoms with E-state index in [-0.39, 0.29) is 26.2 Å². The van der Waals surface area contributed by atoms with Crippen molar-refractivity contribution >= 4 is 70.2 Å². The topological polar surface area (TPSA) is 160 Å². The Labute approximate surface area is 185 Å². The van der Waals surface area contributed by atoms with Gasteiger partial charge in [0, 0.05) is 6.26 Å². The summed E-state index contributed by atoms with van der Waals surface area (Å²) in [6.07, 6.45) is 1.07. The number of nitrogens with zero attached hydrogens (tertiary/aromatic N) is 1. The number of aromatic nitrogens is 1. The van der Waals surface area contributed by atoms with E-state index in [0.717, 1.165) is 23.7 Å². The van der Waals surface area contributed by atoms with Crippen molar-refractivity contribution in [3.63, 3.8) is 0 Å². The van der Waals surface area contributed by atoms with E-state index in [9.17, 15) is 26.4 Å². The zero-order chi connectivity index (χ0) is 23.0. The third-order valence-corrected chi connectivity index (χ3v) is 6.93. The van der Waals surface area contributed by atoms with Crippen LogP contribution in [-0.4, -0.2) is 44.6 Å². The van der Waals surface area contributed by atoms with Crippen molar-refractivity contribution < 1.29 is 31.0 Å². The highest BCUT2D eigenvalue weighted by molar-refractivity contribution is 7.90. The van der Waals surface area contributed by atoms with Gasteiger partial charge in [0.25, 0.3) is 16.0 Å². The van der Waals surface area contributed by atoms with Gasteiger partial charge in [0.15, 0.2) is 15.0 Å². The number of rotatable bonds is 5. The van der Waals surface area contributed by atoms with E-state index in [1.54, 1.807) is 0 Å². The molecule has 2 aromatic carbocycles. The highest BCUT2D eigenvalue weighted by atomic mass is 35.5. The molecule has 3 amide bonds. The zero-order valence-corrected chi connectivity index (χ0v) is 18.8. The largest absolute Gasteiger partial charge is 0.327 e. The number of hydrogen-bond donors (Lipinski definition) is 3. The van der Waals surface area contributed by atoms with Gasteiger partial charge in [-0.1, -0.05) is 29.0 Å². The van der Waals surface area contributed by atoms with Crippen LogP contribution in [0.2, 0.25) is 5.02 Å². The summed E-state index contributed by atoms with van der Waals surface area (Å²) >= 11 is 6.96. The number of fused-ring (bicyclic) bond motifs is 1. The average Bonchev–Trinajstić information content (AvgIpc) is 3.02. The van der Waals surface area contributed by atoms with Crippen LogP contribution in [0.4, 0.5) is 9.93 Å². The molecule has 0 fully saturated rings. The van der Waals surface area contributed by atoms with Crippen LogP contribution in [0, 0.1) is 0 Å². The summed E-state index contributed by atoms with van der Waals surface area (Å²) in [4.78, 5) is 28.8.